The van der Waals surface area contributed by atoms with Crippen molar-refractivity contribution in [2.24, 2.45) is 0 Å². The second-order valence-electron chi connectivity index (χ2n) is 6.22. The van der Waals surface area contributed by atoms with Gasteiger partial charge in [-0.3, -0.25) is 4.57 Å². The Hall–Kier alpha value is -1.39. The molecule has 6 heteroatoms. The summed E-state index contributed by atoms with van der Waals surface area (Å²) in [6.07, 6.45) is 1.38. The number of fused-ring (bicyclic) bond motifs is 2. The first-order valence-corrected chi connectivity index (χ1v) is 7.28. The lowest BCUT2D eigenvalue weighted by Gasteiger charge is -2.28. The van der Waals surface area contributed by atoms with E-state index >= 15 is 0 Å². The smallest absolute Gasteiger partial charge is 0.257 e. The highest BCUT2D eigenvalue weighted by Gasteiger charge is 2.52. The highest BCUT2D eigenvalue weighted by atomic mass is 16.8. The Labute approximate surface area is 123 Å². The molecule has 2 fully saturated rings. The van der Waals surface area contributed by atoms with Gasteiger partial charge in [0.25, 0.3) is 5.91 Å². The van der Waals surface area contributed by atoms with Crippen LogP contribution in [0.4, 0.5) is 0 Å². The average molecular weight is 290 g/mol. The minimum Gasteiger partial charge on any atom is -0.348 e. The van der Waals surface area contributed by atoms with Crippen molar-refractivity contribution in [1.82, 2.24) is 4.57 Å². The summed E-state index contributed by atoms with van der Waals surface area (Å²) in [7, 11) is 0. The third-order valence-corrected chi connectivity index (χ3v) is 4.39. The van der Waals surface area contributed by atoms with Crippen molar-refractivity contribution in [3.63, 3.8) is 0 Å². The number of hydrogen-bond acceptors (Lipinski definition) is 5. The summed E-state index contributed by atoms with van der Waals surface area (Å²) in [5, 5.41) is 9.25. The van der Waals surface area contributed by atoms with E-state index in [4.69, 9.17) is 18.9 Å². The van der Waals surface area contributed by atoms with Crippen molar-refractivity contribution in [2.45, 2.75) is 57.2 Å². The van der Waals surface area contributed by atoms with Crippen LogP contribution in [0.2, 0.25) is 0 Å². The third-order valence-electron chi connectivity index (χ3n) is 4.39. The number of rotatable bonds is 1. The molecule has 1 unspecified atom stereocenters. The highest BCUT2D eigenvalue weighted by molar-refractivity contribution is 5.29. The quantitative estimate of drug-likeness (QED) is 0.789. The molecule has 2 saturated heterocycles. The molecule has 112 valence electrons. The van der Waals surface area contributed by atoms with Crippen LogP contribution in [0, 0.1) is 11.3 Å². The van der Waals surface area contributed by atoms with E-state index in [1.807, 2.05) is 30.5 Å². The molecule has 4 heterocycles. The molecule has 0 amide bonds. The second kappa shape index (κ2) is 4.31. The Kier molecular flexibility index (Phi) is 2.72. The zero-order valence-electron chi connectivity index (χ0n) is 12.2. The Morgan fingerprint density at radius 2 is 2.10 bits per heavy atom. The van der Waals surface area contributed by atoms with E-state index in [1.165, 1.54) is 0 Å². The summed E-state index contributed by atoms with van der Waals surface area (Å²) >= 11 is 0. The summed E-state index contributed by atoms with van der Waals surface area (Å²) in [4.78, 5) is 0. The number of nitriles is 1. The van der Waals surface area contributed by atoms with Crippen LogP contribution in [0.5, 0.6) is 0 Å². The van der Waals surface area contributed by atoms with Crippen LogP contribution < -0.4 is 0 Å². The maximum Gasteiger partial charge on any atom is 0.257 e. The van der Waals surface area contributed by atoms with Crippen LogP contribution in [-0.4, -0.2) is 29.2 Å². The summed E-state index contributed by atoms with van der Waals surface area (Å²) in [5.74, 6) is -1.40. The zero-order valence-corrected chi connectivity index (χ0v) is 12.2. The standard InChI is InChI=1S/C15H18N2O4/c1-14(2)18-9-13(20-14)12-5-6-15(21-12)17-10(7-16)3-4-11(17)8-19-15/h3-4,12-13H,5-6,8-9H2,1-2H3/t12-,13+,15?/m0/s1. The van der Waals surface area contributed by atoms with E-state index in [1.54, 1.807) is 0 Å². The van der Waals surface area contributed by atoms with Crippen molar-refractivity contribution in [1.29, 1.82) is 5.26 Å². The molecule has 1 aromatic rings. The molecular formula is C15H18N2O4. The molecule has 0 aliphatic carbocycles. The maximum atomic E-state index is 9.25. The fourth-order valence-corrected chi connectivity index (χ4v) is 3.44. The predicted molar refractivity (Wildman–Crippen MR) is 70.9 cm³/mol. The van der Waals surface area contributed by atoms with Crippen LogP contribution in [-0.2, 0) is 31.5 Å². The Bertz CT molecular complexity index is 618. The molecule has 3 atom stereocenters. The zero-order chi connectivity index (χ0) is 14.7. The van der Waals surface area contributed by atoms with Crippen LogP contribution in [0.15, 0.2) is 12.1 Å². The molecule has 1 aromatic heterocycles. The van der Waals surface area contributed by atoms with Crippen LogP contribution in [0.1, 0.15) is 38.1 Å². The van der Waals surface area contributed by atoms with E-state index in [-0.39, 0.29) is 12.2 Å². The van der Waals surface area contributed by atoms with Crippen molar-refractivity contribution >= 4 is 0 Å². The lowest BCUT2D eigenvalue weighted by Crippen LogP contribution is -2.37. The van der Waals surface area contributed by atoms with Crippen LogP contribution in [0.25, 0.3) is 0 Å². The van der Waals surface area contributed by atoms with Gasteiger partial charge in [-0.05, 0) is 32.4 Å². The van der Waals surface area contributed by atoms with E-state index in [0.717, 1.165) is 12.1 Å². The molecule has 3 aliphatic heterocycles. The Morgan fingerprint density at radius 1 is 1.24 bits per heavy atom. The summed E-state index contributed by atoms with van der Waals surface area (Å²) in [5.41, 5.74) is 1.56. The first kappa shape index (κ1) is 13.3. The van der Waals surface area contributed by atoms with E-state index in [0.29, 0.717) is 25.3 Å². The fraction of sp³-hybridized carbons (Fsp3) is 0.667. The fourth-order valence-electron chi connectivity index (χ4n) is 3.44. The normalized spacial score (nSPS) is 37.0. The Morgan fingerprint density at radius 3 is 2.81 bits per heavy atom. The first-order valence-electron chi connectivity index (χ1n) is 7.28. The van der Waals surface area contributed by atoms with Gasteiger partial charge in [0, 0.05) is 6.42 Å². The molecule has 0 aromatic carbocycles. The third kappa shape index (κ3) is 1.93. The predicted octanol–water partition coefficient (Wildman–Crippen LogP) is 1.83. The van der Waals surface area contributed by atoms with Crippen LogP contribution >= 0.6 is 0 Å². The maximum absolute atomic E-state index is 9.25. The number of nitrogens with zero attached hydrogens (tertiary/aromatic N) is 2. The largest absolute Gasteiger partial charge is 0.348 e. The summed E-state index contributed by atoms with van der Waals surface area (Å²) in [6.45, 7) is 4.81. The summed E-state index contributed by atoms with van der Waals surface area (Å²) < 4.78 is 25.5. The minimum atomic E-state index is -0.843. The molecule has 21 heavy (non-hydrogen) atoms. The van der Waals surface area contributed by atoms with Gasteiger partial charge in [0.1, 0.15) is 17.9 Å². The van der Waals surface area contributed by atoms with Crippen LogP contribution in [0.3, 0.4) is 0 Å². The van der Waals surface area contributed by atoms with Gasteiger partial charge in [0.2, 0.25) is 0 Å². The number of hydrogen-bond donors (Lipinski definition) is 0. The number of aromatic nitrogens is 1. The molecular weight excluding hydrogens is 272 g/mol. The second-order valence-corrected chi connectivity index (χ2v) is 6.22. The monoisotopic (exact) mass is 290 g/mol. The van der Waals surface area contributed by atoms with Crippen molar-refractivity contribution in [2.75, 3.05) is 6.61 Å². The van der Waals surface area contributed by atoms with Gasteiger partial charge >= 0.3 is 0 Å². The minimum absolute atomic E-state index is 0.0772. The summed E-state index contributed by atoms with van der Waals surface area (Å²) in [6, 6.07) is 5.94. The van der Waals surface area contributed by atoms with Gasteiger partial charge in [-0.2, -0.15) is 5.26 Å². The number of ether oxygens (including phenoxy) is 4. The van der Waals surface area contributed by atoms with Gasteiger partial charge in [0.05, 0.1) is 25.0 Å². The first-order chi connectivity index (χ1) is 10.0. The SMILES string of the molecule is CC1(C)OC[C@H]([C@@H]2CCC3(OCc4ccc(C#N)n43)O2)O1. The lowest BCUT2D eigenvalue weighted by molar-refractivity contribution is -0.280. The highest BCUT2D eigenvalue weighted by Crippen LogP contribution is 2.45. The van der Waals surface area contributed by atoms with Crippen molar-refractivity contribution in [3.05, 3.63) is 23.5 Å². The lowest BCUT2D eigenvalue weighted by atomic mass is 10.1. The Balaban J connectivity index is 1.58. The van der Waals surface area contributed by atoms with Gasteiger partial charge in [-0.1, -0.05) is 0 Å². The molecule has 0 N–H and O–H groups in total. The topological polar surface area (TPSA) is 65.6 Å². The molecule has 0 saturated carbocycles. The van der Waals surface area contributed by atoms with E-state index in [2.05, 4.69) is 6.07 Å². The van der Waals surface area contributed by atoms with E-state index < -0.39 is 11.7 Å². The molecule has 0 bridgehead atoms. The van der Waals surface area contributed by atoms with Gasteiger partial charge in [0.15, 0.2) is 5.79 Å². The van der Waals surface area contributed by atoms with Gasteiger partial charge < -0.3 is 18.9 Å². The average Bonchev–Trinajstić information content (AvgIpc) is 3.16. The van der Waals surface area contributed by atoms with E-state index in [9.17, 15) is 5.26 Å². The van der Waals surface area contributed by atoms with Crippen molar-refractivity contribution < 1.29 is 18.9 Å². The molecule has 6 nitrogen and oxygen atoms in total. The molecule has 1 spiro atoms. The van der Waals surface area contributed by atoms with Gasteiger partial charge in [-0.25, -0.2) is 0 Å². The molecule has 3 aliphatic rings. The molecule has 0 radical (unpaired) electrons. The molecule has 4 rings (SSSR count). The van der Waals surface area contributed by atoms with Crippen molar-refractivity contribution in [3.8, 4) is 6.07 Å². The van der Waals surface area contributed by atoms with Gasteiger partial charge in [-0.15, -0.1) is 0 Å².